The lowest BCUT2D eigenvalue weighted by Crippen LogP contribution is -2.31. The molecule has 2 heterocycles. The number of carbonyl (C=O) groups excluding carboxylic acids is 1. The molecule has 0 spiro atoms. The number of ether oxygens (including phenoxy) is 2. The van der Waals surface area contributed by atoms with E-state index in [4.69, 9.17) is 9.47 Å². The van der Waals surface area contributed by atoms with Crippen molar-refractivity contribution in [3.8, 4) is 17.2 Å². The molecule has 7 heteroatoms. The van der Waals surface area contributed by atoms with Gasteiger partial charge >= 0.3 is 0 Å². The number of hydrogen-bond acceptors (Lipinski definition) is 5. The number of methoxy groups -OCH3 is 2. The maximum absolute atomic E-state index is 13.4. The van der Waals surface area contributed by atoms with Gasteiger partial charge in [-0.05, 0) is 56.5 Å². The summed E-state index contributed by atoms with van der Waals surface area (Å²) in [6.07, 6.45) is 1.80. The van der Waals surface area contributed by atoms with Gasteiger partial charge in [0.25, 0.3) is 5.91 Å². The van der Waals surface area contributed by atoms with Gasteiger partial charge in [0, 0.05) is 18.2 Å². The fraction of sp³-hybridized carbons (Fsp3) is 0.348. The third kappa shape index (κ3) is 3.51. The van der Waals surface area contributed by atoms with Gasteiger partial charge in [-0.2, -0.15) is 0 Å². The molecule has 4 rings (SSSR count). The third-order valence-corrected chi connectivity index (χ3v) is 5.66. The van der Waals surface area contributed by atoms with Gasteiger partial charge in [0.15, 0.2) is 5.69 Å². The van der Waals surface area contributed by atoms with Crippen LogP contribution in [0.2, 0.25) is 0 Å². The normalized spacial score (nSPS) is 16.0. The van der Waals surface area contributed by atoms with Crippen LogP contribution in [0, 0.1) is 13.8 Å². The van der Waals surface area contributed by atoms with Crippen molar-refractivity contribution in [1.82, 2.24) is 19.9 Å². The summed E-state index contributed by atoms with van der Waals surface area (Å²) in [6, 6.07) is 13.7. The third-order valence-electron chi connectivity index (χ3n) is 5.66. The van der Waals surface area contributed by atoms with Crippen LogP contribution >= 0.6 is 0 Å². The van der Waals surface area contributed by atoms with E-state index < -0.39 is 0 Å². The van der Waals surface area contributed by atoms with Gasteiger partial charge < -0.3 is 14.4 Å². The van der Waals surface area contributed by atoms with Crippen molar-refractivity contribution in [2.45, 2.75) is 32.7 Å². The van der Waals surface area contributed by atoms with Crippen molar-refractivity contribution in [2.75, 3.05) is 20.8 Å². The molecule has 7 nitrogen and oxygen atoms in total. The predicted molar refractivity (Wildman–Crippen MR) is 113 cm³/mol. The first-order valence-corrected chi connectivity index (χ1v) is 10.1. The number of aromatic nitrogens is 3. The van der Waals surface area contributed by atoms with Crippen LogP contribution in [0.3, 0.4) is 0 Å². The summed E-state index contributed by atoms with van der Waals surface area (Å²) in [5.74, 6) is 1.34. The predicted octanol–water partition coefficient (Wildman–Crippen LogP) is 3.88. The zero-order chi connectivity index (χ0) is 21.3. The SMILES string of the molecule is COc1ccc(C2CCCN2C(=O)c2nnn(-c3cccc(C)c3)c2C)c(OC)c1. The van der Waals surface area contributed by atoms with Crippen LogP contribution < -0.4 is 9.47 Å². The number of nitrogens with zero attached hydrogens (tertiary/aromatic N) is 4. The Balaban J connectivity index is 1.65. The molecule has 1 unspecified atom stereocenters. The number of carbonyl (C=O) groups is 1. The fourth-order valence-electron chi connectivity index (χ4n) is 4.09. The molecule has 0 bridgehead atoms. The maximum Gasteiger partial charge on any atom is 0.276 e. The quantitative estimate of drug-likeness (QED) is 0.643. The Kier molecular flexibility index (Phi) is 5.44. The summed E-state index contributed by atoms with van der Waals surface area (Å²) < 4.78 is 12.6. The van der Waals surface area contributed by atoms with Gasteiger partial charge in [-0.25, -0.2) is 4.68 Å². The Morgan fingerprint density at radius 1 is 1.10 bits per heavy atom. The second kappa shape index (κ2) is 8.18. The highest BCUT2D eigenvalue weighted by Gasteiger charge is 2.34. The molecule has 1 amide bonds. The molecule has 0 N–H and O–H groups in total. The van der Waals surface area contributed by atoms with Gasteiger partial charge in [-0.1, -0.05) is 17.3 Å². The van der Waals surface area contributed by atoms with Crippen LogP contribution in [0.15, 0.2) is 42.5 Å². The zero-order valence-corrected chi connectivity index (χ0v) is 17.8. The molecule has 1 aliphatic rings. The average molecular weight is 406 g/mol. The molecule has 1 aliphatic heterocycles. The van der Waals surface area contributed by atoms with E-state index in [0.29, 0.717) is 12.2 Å². The first-order chi connectivity index (χ1) is 14.5. The highest BCUT2D eigenvalue weighted by molar-refractivity contribution is 5.94. The number of rotatable bonds is 5. The van der Waals surface area contributed by atoms with Gasteiger partial charge in [-0.15, -0.1) is 5.10 Å². The van der Waals surface area contributed by atoms with Crippen molar-refractivity contribution in [1.29, 1.82) is 0 Å². The standard InChI is InChI=1S/C23H26N4O3/c1-15-7-5-8-17(13-15)27-16(2)22(24-25-27)23(28)26-12-6-9-20(26)19-11-10-18(29-3)14-21(19)30-4/h5,7-8,10-11,13-14,20H,6,9,12H2,1-4H3. The molecular weight excluding hydrogens is 380 g/mol. The van der Waals surface area contributed by atoms with Gasteiger partial charge in [-0.3, -0.25) is 4.79 Å². The molecule has 2 aromatic carbocycles. The van der Waals surface area contributed by atoms with E-state index in [1.807, 2.05) is 61.2 Å². The zero-order valence-electron chi connectivity index (χ0n) is 17.8. The van der Waals surface area contributed by atoms with Crippen LogP contribution in [-0.4, -0.2) is 46.6 Å². The minimum Gasteiger partial charge on any atom is -0.497 e. The van der Waals surface area contributed by atoms with Crippen LogP contribution in [-0.2, 0) is 0 Å². The summed E-state index contributed by atoms with van der Waals surface area (Å²) in [5, 5.41) is 8.49. The van der Waals surface area contributed by atoms with Crippen molar-refractivity contribution in [2.24, 2.45) is 0 Å². The Labute approximate surface area is 176 Å². The summed E-state index contributed by atoms with van der Waals surface area (Å²) in [6.45, 7) is 4.59. The number of benzene rings is 2. The monoisotopic (exact) mass is 406 g/mol. The number of hydrogen-bond donors (Lipinski definition) is 0. The fourth-order valence-corrected chi connectivity index (χ4v) is 4.09. The van der Waals surface area contributed by atoms with E-state index in [0.717, 1.165) is 46.8 Å². The smallest absolute Gasteiger partial charge is 0.276 e. The Bertz CT molecular complexity index is 1080. The molecule has 0 radical (unpaired) electrons. The van der Waals surface area contributed by atoms with Crippen molar-refractivity contribution in [3.63, 3.8) is 0 Å². The summed E-state index contributed by atoms with van der Waals surface area (Å²) in [4.78, 5) is 15.3. The molecule has 1 fully saturated rings. The van der Waals surface area contributed by atoms with E-state index in [9.17, 15) is 4.79 Å². The number of likely N-dealkylation sites (tertiary alicyclic amines) is 1. The van der Waals surface area contributed by atoms with Gasteiger partial charge in [0.2, 0.25) is 0 Å². The number of amides is 1. The highest BCUT2D eigenvalue weighted by Crippen LogP contribution is 2.39. The summed E-state index contributed by atoms with van der Waals surface area (Å²) >= 11 is 0. The molecule has 1 atom stereocenters. The van der Waals surface area contributed by atoms with E-state index in [1.54, 1.807) is 18.9 Å². The minimum absolute atomic E-state index is 0.0677. The van der Waals surface area contributed by atoms with E-state index in [-0.39, 0.29) is 11.9 Å². The Morgan fingerprint density at radius 3 is 2.67 bits per heavy atom. The van der Waals surface area contributed by atoms with E-state index in [2.05, 4.69) is 10.3 Å². The summed E-state index contributed by atoms with van der Waals surface area (Å²) in [7, 11) is 3.26. The van der Waals surface area contributed by atoms with Crippen LogP contribution in [0.4, 0.5) is 0 Å². The largest absolute Gasteiger partial charge is 0.497 e. The van der Waals surface area contributed by atoms with Gasteiger partial charge in [0.05, 0.1) is 31.6 Å². The van der Waals surface area contributed by atoms with Crippen LogP contribution in [0.5, 0.6) is 11.5 Å². The highest BCUT2D eigenvalue weighted by atomic mass is 16.5. The van der Waals surface area contributed by atoms with Crippen LogP contribution in [0.1, 0.15) is 46.2 Å². The molecule has 156 valence electrons. The second-order valence-corrected chi connectivity index (χ2v) is 7.54. The first-order valence-electron chi connectivity index (χ1n) is 10.1. The topological polar surface area (TPSA) is 69.5 Å². The van der Waals surface area contributed by atoms with E-state index >= 15 is 0 Å². The van der Waals surface area contributed by atoms with Gasteiger partial charge in [0.1, 0.15) is 11.5 Å². The molecule has 1 aromatic heterocycles. The second-order valence-electron chi connectivity index (χ2n) is 7.54. The Morgan fingerprint density at radius 2 is 1.93 bits per heavy atom. The summed E-state index contributed by atoms with van der Waals surface area (Å²) in [5.41, 5.74) is 4.12. The lowest BCUT2D eigenvalue weighted by molar-refractivity contribution is 0.0727. The molecule has 3 aromatic rings. The molecule has 0 saturated carbocycles. The van der Waals surface area contributed by atoms with Crippen molar-refractivity contribution in [3.05, 3.63) is 65.0 Å². The van der Waals surface area contributed by atoms with E-state index in [1.165, 1.54) is 0 Å². The van der Waals surface area contributed by atoms with Crippen molar-refractivity contribution < 1.29 is 14.3 Å². The lowest BCUT2D eigenvalue weighted by Gasteiger charge is -2.26. The first kappa shape index (κ1) is 19.9. The number of aryl methyl sites for hydroxylation is 1. The maximum atomic E-state index is 13.4. The Hall–Kier alpha value is -3.35. The lowest BCUT2D eigenvalue weighted by atomic mass is 10.0. The minimum atomic E-state index is -0.105. The van der Waals surface area contributed by atoms with Crippen LogP contribution in [0.25, 0.3) is 5.69 Å². The average Bonchev–Trinajstić information content (AvgIpc) is 3.39. The molecule has 1 saturated heterocycles. The molecule has 30 heavy (non-hydrogen) atoms. The molecular formula is C23H26N4O3. The van der Waals surface area contributed by atoms with Crippen molar-refractivity contribution >= 4 is 5.91 Å². The molecule has 0 aliphatic carbocycles.